The minimum atomic E-state index is -1.58. The fourth-order valence-electron chi connectivity index (χ4n) is 8.54. The monoisotopic (exact) mass is 753 g/mol. The summed E-state index contributed by atoms with van der Waals surface area (Å²) >= 11 is 7.95. The lowest BCUT2D eigenvalue weighted by Crippen LogP contribution is -2.61. The van der Waals surface area contributed by atoms with Gasteiger partial charge in [0.05, 0.1) is 33.1 Å². The number of carbonyl (C=O) groups excluding carboxylic acids is 1. The molecule has 278 valence electrons. The maximum absolute atomic E-state index is 13.3. The zero-order chi connectivity index (χ0) is 37.4. The van der Waals surface area contributed by atoms with Crippen molar-refractivity contribution in [3.05, 3.63) is 70.4 Å². The van der Waals surface area contributed by atoms with Crippen molar-refractivity contribution >= 4 is 55.9 Å². The Morgan fingerprint density at radius 2 is 1.66 bits per heavy atom. The van der Waals surface area contributed by atoms with E-state index in [1.54, 1.807) is 18.3 Å². The first-order chi connectivity index (χ1) is 25.3. The number of hydrogen-bond donors (Lipinski definition) is 1. The second kappa shape index (κ2) is 13.5. The van der Waals surface area contributed by atoms with Crippen LogP contribution >= 0.6 is 22.9 Å². The highest BCUT2D eigenvalue weighted by atomic mass is 35.5. The van der Waals surface area contributed by atoms with Gasteiger partial charge < -0.3 is 14.7 Å². The van der Waals surface area contributed by atoms with Gasteiger partial charge in [-0.2, -0.15) is 5.10 Å². The molecule has 1 aliphatic carbocycles. The molecule has 4 heterocycles. The minimum absolute atomic E-state index is 0.165. The number of carbonyl (C=O) groups is 2. The molecule has 0 bridgehead atoms. The van der Waals surface area contributed by atoms with Crippen LogP contribution in [0.15, 0.2) is 48.5 Å². The number of fused-ring (bicyclic) bond motifs is 2. The summed E-state index contributed by atoms with van der Waals surface area (Å²) in [6.45, 7) is 14.9. The Kier molecular flexibility index (Phi) is 9.20. The highest BCUT2D eigenvalue weighted by molar-refractivity contribution is 7.22. The van der Waals surface area contributed by atoms with Gasteiger partial charge in [-0.25, -0.2) is 9.78 Å². The van der Waals surface area contributed by atoms with E-state index >= 15 is 0 Å². The largest absolute Gasteiger partial charge is 0.479 e. The third-order valence-corrected chi connectivity index (χ3v) is 12.7. The Bertz CT molecular complexity index is 2220. The Morgan fingerprint density at radius 3 is 2.26 bits per heavy atom. The summed E-state index contributed by atoms with van der Waals surface area (Å²) in [5.74, 6) is -0.483. The summed E-state index contributed by atoms with van der Waals surface area (Å²) in [6, 6.07) is 17.2. The minimum Gasteiger partial charge on any atom is -0.479 e. The number of ether oxygens (including phenoxy) is 1. The van der Waals surface area contributed by atoms with Gasteiger partial charge in [0.2, 0.25) is 5.91 Å². The van der Waals surface area contributed by atoms with Gasteiger partial charge in [0, 0.05) is 59.1 Å². The van der Waals surface area contributed by atoms with Crippen LogP contribution in [0.2, 0.25) is 5.02 Å². The van der Waals surface area contributed by atoms with Gasteiger partial charge in [0.25, 0.3) is 0 Å². The second-order valence-corrected chi connectivity index (χ2v) is 17.6. The summed E-state index contributed by atoms with van der Waals surface area (Å²) in [7, 11) is 0. The van der Waals surface area contributed by atoms with E-state index in [0.29, 0.717) is 28.6 Å². The summed E-state index contributed by atoms with van der Waals surface area (Å²) < 4.78 is 9.73. The highest BCUT2D eigenvalue weighted by Crippen LogP contribution is 2.48. The number of benzene rings is 3. The summed E-state index contributed by atoms with van der Waals surface area (Å²) in [4.78, 5) is 34.8. The van der Waals surface area contributed by atoms with E-state index in [1.807, 2.05) is 69.9 Å². The van der Waals surface area contributed by atoms with E-state index in [1.165, 1.54) is 16.6 Å². The van der Waals surface area contributed by atoms with E-state index in [4.69, 9.17) is 26.4 Å². The molecular weight excluding hydrogens is 706 g/mol. The number of hydrogen-bond acceptors (Lipinski definition) is 7. The SMILES string of the molecule is CC[C@@](OC(C)(C)C)(C(=O)O)c1c(C)cc2nc(-c3ccc4c(c3)c(C3CCN(C5CN(C(C)=O)C5)CC3)nn4C3CC3)sc2c1-c1ccc(Cl)cc1. The third-order valence-electron chi connectivity index (χ3n) is 11.4. The number of halogens is 1. The molecule has 1 saturated carbocycles. The van der Waals surface area contributed by atoms with Gasteiger partial charge >= 0.3 is 5.97 Å². The lowest BCUT2D eigenvalue weighted by molar-refractivity contribution is -0.188. The molecule has 9 nitrogen and oxygen atoms in total. The molecule has 3 aliphatic rings. The lowest BCUT2D eigenvalue weighted by Gasteiger charge is -2.47. The van der Waals surface area contributed by atoms with Crippen LogP contribution in [0, 0.1) is 6.92 Å². The standard InChI is InChI=1S/C42H48ClN5O4S/c1-7-42(40(50)51,52-41(4,5)6)36-24(2)20-33-38(35(36)26-8-11-29(43)12-9-26)53-39(44-33)28-10-15-34-32(21-28)37(45-48(34)30-13-14-30)27-16-18-46(19-17-27)31-22-47(23-31)25(3)49/h8-12,15,20-21,27,30-31H,7,13-14,16-19,22-23H2,1-6H3,(H,50,51)/t42-/m0/s1. The first-order valence-electron chi connectivity index (χ1n) is 18.9. The van der Waals surface area contributed by atoms with Crippen LogP contribution in [0.4, 0.5) is 0 Å². The van der Waals surface area contributed by atoms with Crippen molar-refractivity contribution in [1.82, 2.24) is 24.6 Å². The molecule has 2 saturated heterocycles. The molecule has 11 heteroatoms. The summed E-state index contributed by atoms with van der Waals surface area (Å²) in [5.41, 5.74) is 5.08. The van der Waals surface area contributed by atoms with Crippen LogP contribution in [-0.4, -0.2) is 79.4 Å². The molecule has 3 aromatic carbocycles. The normalized spacial score (nSPS) is 18.8. The number of nitrogens with zero attached hydrogens (tertiary/aromatic N) is 5. The zero-order valence-corrected chi connectivity index (χ0v) is 33.0. The van der Waals surface area contributed by atoms with E-state index in [0.717, 1.165) is 89.3 Å². The van der Waals surface area contributed by atoms with Gasteiger partial charge in [-0.3, -0.25) is 14.4 Å². The number of carboxylic acid groups (broad SMARTS) is 1. The maximum atomic E-state index is 13.3. The van der Waals surface area contributed by atoms with E-state index < -0.39 is 17.2 Å². The molecule has 0 radical (unpaired) electrons. The van der Waals surface area contributed by atoms with Gasteiger partial charge in [0.1, 0.15) is 5.01 Å². The molecule has 5 aromatic rings. The van der Waals surface area contributed by atoms with E-state index in [2.05, 4.69) is 27.8 Å². The summed E-state index contributed by atoms with van der Waals surface area (Å²) in [5, 5.41) is 18.9. The van der Waals surface area contributed by atoms with Crippen LogP contribution in [0.1, 0.15) is 95.5 Å². The number of thiazole rings is 1. The Hall–Kier alpha value is -3.83. The maximum Gasteiger partial charge on any atom is 0.340 e. The van der Waals surface area contributed by atoms with Gasteiger partial charge in [-0.1, -0.05) is 30.7 Å². The quantitative estimate of drug-likeness (QED) is 0.160. The molecule has 1 N–H and O–H groups in total. The highest BCUT2D eigenvalue weighted by Gasteiger charge is 2.47. The molecule has 1 atom stereocenters. The van der Waals surface area contributed by atoms with Crippen molar-refractivity contribution in [3.63, 3.8) is 0 Å². The Morgan fingerprint density at radius 1 is 0.981 bits per heavy atom. The smallest absolute Gasteiger partial charge is 0.340 e. The second-order valence-electron chi connectivity index (χ2n) is 16.2. The average Bonchev–Trinajstić information content (AvgIpc) is 3.74. The van der Waals surface area contributed by atoms with Gasteiger partial charge in [0.15, 0.2) is 5.60 Å². The molecule has 2 aromatic heterocycles. The van der Waals surface area contributed by atoms with Crippen LogP contribution in [0.5, 0.6) is 0 Å². The number of likely N-dealkylation sites (tertiary alicyclic amines) is 2. The molecule has 3 fully saturated rings. The Labute approximate surface area is 319 Å². The van der Waals surface area contributed by atoms with Gasteiger partial charge in [-0.15, -0.1) is 11.3 Å². The van der Waals surface area contributed by atoms with Crippen molar-refractivity contribution in [2.45, 2.75) is 103 Å². The number of amides is 1. The third kappa shape index (κ3) is 6.55. The first kappa shape index (κ1) is 36.2. The molecule has 2 aliphatic heterocycles. The van der Waals surface area contributed by atoms with Crippen molar-refractivity contribution in [2.75, 3.05) is 26.2 Å². The molecule has 1 amide bonds. The topological polar surface area (TPSA) is 101 Å². The average molecular weight is 754 g/mol. The fourth-order valence-corrected chi connectivity index (χ4v) is 9.77. The van der Waals surface area contributed by atoms with Crippen molar-refractivity contribution < 1.29 is 19.4 Å². The number of rotatable bonds is 9. The zero-order valence-electron chi connectivity index (χ0n) is 31.4. The van der Waals surface area contributed by atoms with Crippen LogP contribution < -0.4 is 0 Å². The molecule has 0 spiro atoms. The number of aryl methyl sites for hydroxylation is 1. The molecular formula is C42H48ClN5O4S. The number of carboxylic acids is 1. The van der Waals surface area contributed by atoms with Crippen LogP contribution in [0.25, 0.3) is 42.8 Å². The van der Waals surface area contributed by atoms with Crippen LogP contribution in [-0.2, 0) is 19.9 Å². The Balaban J connectivity index is 1.22. The predicted molar refractivity (Wildman–Crippen MR) is 212 cm³/mol. The molecule has 53 heavy (non-hydrogen) atoms. The number of aliphatic carboxylic acids is 1. The number of aromatic nitrogens is 3. The van der Waals surface area contributed by atoms with Crippen molar-refractivity contribution in [2.24, 2.45) is 0 Å². The first-order valence-corrected chi connectivity index (χ1v) is 20.1. The van der Waals surface area contributed by atoms with Gasteiger partial charge in [-0.05, 0) is 120 Å². The fraction of sp³-hybridized carbons (Fsp3) is 0.476. The predicted octanol–water partition coefficient (Wildman–Crippen LogP) is 9.19. The van der Waals surface area contributed by atoms with Crippen molar-refractivity contribution in [3.8, 4) is 21.7 Å². The van der Waals surface area contributed by atoms with E-state index in [-0.39, 0.29) is 12.3 Å². The molecule has 0 unspecified atom stereocenters. The van der Waals surface area contributed by atoms with Crippen molar-refractivity contribution in [1.29, 1.82) is 0 Å². The lowest BCUT2D eigenvalue weighted by atomic mass is 9.81. The summed E-state index contributed by atoms with van der Waals surface area (Å²) in [6.07, 6.45) is 4.66. The van der Waals surface area contributed by atoms with Crippen LogP contribution in [0.3, 0.4) is 0 Å². The number of piperidine rings is 1. The molecule has 8 rings (SSSR count). The van der Waals surface area contributed by atoms with E-state index in [9.17, 15) is 14.7 Å².